The Morgan fingerprint density at radius 2 is 1.93 bits per heavy atom. The molecule has 1 saturated carbocycles. The van der Waals surface area contributed by atoms with Crippen molar-refractivity contribution in [2.45, 2.75) is 58.5 Å². The second kappa shape index (κ2) is 10.5. The zero-order valence-electron chi connectivity index (χ0n) is 24.8. The highest BCUT2D eigenvalue weighted by molar-refractivity contribution is 6.02. The number of hydrogen-bond acceptors (Lipinski definition) is 7. The van der Waals surface area contributed by atoms with E-state index in [1.54, 1.807) is 6.07 Å². The Morgan fingerprint density at radius 3 is 2.63 bits per heavy atom. The number of halogens is 1. The number of benzene rings is 2. The molecule has 0 amide bonds. The van der Waals surface area contributed by atoms with Crippen LogP contribution >= 0.6 is 0 Å². The quantitative estimate of drug-likeness (QED) is 0.288. The van der Waals surface area contributed by atoms with Crippen LogP contribution in [-0.4, -0.2) is 70.9 Å². The topological polar surface area (TPSA) is 74.6 Å². The van der Waals surface area contributed by atoms with Gasteiger partial charge < -0.3 is 19.6 Å². The number of hydrogen-bond donors (Lipinski definition) is 1. The molecule has 2 fully saturated rings. The van der Waals surface area contributed by atoms with Crippen LogP contribution in [0.25, 0.3) is 32.9 Å². The van der Waals surface area contributed by atoms with Gasteiger partial charge in [0.1, 0.15) is 11.6 Å². The number of aryl methyl sites for hydroxylation is 2. The standard InChI is InChI=1S/C33H40FN5O2/c1-6-23-26(34)12-11-22-9-7-10-24(27(22)23)28-21(2)29-25(17-35-28)30(39-16-8-13-32(3,40)18-39)37-31(36-29)41-20-33(14-15-33)19-38(4)5/h7,9-12,17,40H,6,8,13-16,18-20H2,1-5H3/t32-/m1/s1. The van der Waals surface area contributed by atoms with Crippen molar-refractivity contribution in [2.24, 2.45) is 5.41 Å². The Balaban J connectivity index is 1.50. The van der Waals surface area contributed by atoms with E-state index in [0.717, 1.165) is 83.1 Å². The molecule has 6 rings (SSSR count). The summed E-state index contributed by atoms with van der Waals surface area (Å²) >= 11 is 0. The molecule has 1 aliphatic heterocycles. The molecule has 0 unspecified atom stereocenters. The van der Waals surface area contributed by atoms with Gasteiger partial charge in [-0.3, -0.25) is 4.98 Å². The number of rotatable bonds is 8. The van der Waals surface area contributed by atoms with E-state index in [0.29, 0.717) is 31.1 Å². The van der Waals surface area contributed by atoms with Gasteiger partial charge in [-0.1, -0.05) is 31.2 Å². The maximum atomic E-state index is 14.9. The molecule has 1 atom stereocenters. The fraction of sp³-hybridized carbons (Fsp3) is 0.485. The molecule has 3 heterocycles. The average molecular weight is 558 g/mol. The van der Waals surface area contributed by atoms with Crippen molar-refractivity contribution in [3.8, 4) is 17.3 Å². The molecule has 0 radical (unpaired) electrons. The van der Waals surface area contributed by atoms with Crippen LogP contribution < -0.4 is 9.64 Å². The number of pyridine rings is 1. The molecular weight excluding hydrogens is 517 g/mol. The predicted molar refractivity (Wildman–Crippen MR) is 162 cm³/mol. The molecule has 1 N–H and O–H groups in total. The zero-order valence-corrected chi connectivity index (χ0v) is 24.8. The second-order valence-electron chi connectivity index (χ2n) is 12.7. The maximum Gasteiger partial charge on any atom is 0.318 e. The van der Waals surface area contributed by atoms with Crippen molar-refractivity contribution in [1.82, 2.24) is 19.9 Å². The smallest absolute Gasteiger partial charge is 0.318 e. The molecule has 7 nitrogen and oxygen atoms in total. The summed E-state index contributed by atoms with van der Waals surface area (Å²) < 4.78 is 21.3. The molecule has 41 heavy (non-hydrogen) atoms. The third kappa shape index (κ3) is 5.35. The van der Waals surface area contributed by atoms with E-state index in [4.69, 9.17) is 19.7 Å². The lowest BCUT2D eigenvalue weighted by Crippen LogP contribution is -2.46. The molecule has 0 spiro atoms. The number of fused-ring (bicyclic) bond motifs is 2. The lowest BCUT2D eigenvalue weighted by atomic mass is 9.93. The van der Waals surface area contributed by atoms with Gasteiger partial charge in [-0.15, -0.1) is 0 Å². The highest BCUT2D eigenvalue weighted by Crippen LogP contribution is 2.46. The van der Waals surface area contributed by atoms with Gasteiger partial charge >= 0.3 is 6.01 Å². The number of piperidine rings is 1. The minimum atomic E-state index is -0.799. The Hall–Kier alpha value is -3.36. The number of aliphatic hydroxyl groups is 1. The Labute approximate surface area is 241 Å². The van der Waals surface area contributed by atoms with E-state index < -0.39 is 5.60 Å². The fourth-order valence-electron chi connectivity index (χ4n) is 6.54. The van der Waals surface area contributed by atoms with Crippen molar-refractivity contribution in [3.05, 3.63) is 53.5 Å². The van der Waals surface area contributed by atoms with Crippen molar-refractivity contribution in [3.63, 3.8) is 0 Å². The van der Waals surface area contributed by atoms with Gasteiger partial charge in [-0.25, -0.2) is 4.39 Å². The van der Waals surface area contributed by atoms with Gasteiger partial charge in [0.15, 0.2) is 0 Å². The van der Waals surface area contributed by atoms with Crippen molar-refractivity contribution < 1.29 is 14.2 Å². The molecule has 1 saturated heterocycles. The zero-order chi connectivity index (χ0) is 28.9. The first-order chi connectivity index (χ1) is 19.6. The van der Waals surface area contributed by atoms with Crippen LogP contribution in [0.4, 0.5) is 10.2 Å². The molecule has 0 bridgehead atoms. The summed E-state index contributed by atoms with van der Waals surface area (Å²) in [5.41, 5.74) is 3.36. The first kappa shape index (κ1) is 27.8. The van der Waals surface area contributed by atoms with Crippen molar-refractivity contribution in [2.75, 3.05) is 45.2 Å². The summed E-state index contributed by atoms with van der Waals surface area (Å²) in [6.45, 7) is 8.68. The summed E-state index contributed by atoms with van der Waals surface area (Å²) in [7, 11) is 4.18. The number of ether oxygens (including phenoxy) is 1. The molecule has 2 aromatic heterocycles. The van der Waals surface area contributed by atoms with E-state index in [1.807, 2.05) is 51.2 Å². The van der Waals surface area contributed by atoms with Crippen LogP contribution in [-0.2, 0) is 6.42 Å². The van der Waals surface area contributed by atoms with E-state index in [1.165, 1.54) is 0 Å². The fourth-order valence-corrected chi connectivity index (χ4v) is 6.54. The number of nitrogens with zero attached hydrogens (tertiary/aromatic N) is 5. The van der Waals surface area contributed by atoms with E-state index in [2.05, 4.69) is 23.9 Å². The Bertz CT molecular complexity index is 1620. The minimum absolute atomic E-state index is 0.138. The Kier molecular flexibility index (Phi) is 7.10. The lowest BCUT2D eigenvalue weighted by Gasteiger charge is -2.38. The van der Waals surface area contributed by atoms with Crippen LogP contribution in [0, 0.1) is 18.2 Å². The van der Waals surface area contributed by atoms with Gasteiger partial charge in [0, 0.05) is 42.4 Å². The normalized spacial score (nSPS) is 20.2. The monoisotopic (exact) mass is 557 g/mol. The van der Waals surface area contributed by atoms with Gasteiger partial charge in [0.25, 0.3) is 0 Å². The van der Waals surface area contributed by atoms with Crippen LogP contribution in [0.15, 0.2) is 36.5 Å². The molecule has 216 valence electrons. The van der Waals surface area contributed by atoms with E-state index in [9.17, 15) is 9.50 Å². The van der Waals surface area contributed by atoms with Gasteiger partial charge in [0.2, 0.25) is 0 Å². The van der Waals surface area contributed by atoms with Crippen LogP contribution in [0.1, 0.15) is 50.7 Å². The van der Waals surface area contributed by atoms with Crippen LogP contribution in [0.2, 0.25) is 0 Å². The first-order valence-corrected chi connectivity index (χ1v) is 14.7. The summed E-state index contributed by atoms with van der Waals surface area (Å²) in [6, 6.07) is 9.76. The number of aromatic nitrogens is 3. The average Bonchev–Trinajstić information content (AvgIpc) is 3.70. The number of anilines is 1. The maximum absolute atomic E-state index is 14.9. The van der Waals surface area contributed by atoms with Gasteiger partial charge in [-0.2, -0.15) is 9.97 Å². The van der Waals surface area contributed by atoms with Crippen LogP contribution in [0.3, 0.4) is 0 Å². The summed E-state index contributed by atoms with van der Waals surface area (Å²) in [5, 5.41) is 13.6. The minimum Gasteiger partial charge on any atom is -0.463 e. The predicted octanol–water partition coefficient (Wildman–Crippen LogP) is 5.93. The molecule has 2 aliphatic rings. The highest BCUT2D eigenvalue weighted by Gasteiger charge is 2.44. The number of β-amino-alcohol motifs (C(OH)–C–C–N with tert-alkyl or cyclic N) is 1. The van der Waals surface area contributed by atoms with Crippen LogP contribution in [0.5, 0.6) is 6.01 Å². The van der Waals surface area contributed by atoms with E-state index in [-0.39, 0.29) is 11.2 Å². The van der Waals surface area contributed by atoms with Gasteiger partial charge in [-0.05, 0) is 82.4 Å². The van der Waals surface area contributed by atoms with E-state index >= 15 is 0 Å². The third-order valence-corrected chi connectivity index (χ3v) is 8.73. The Morgan fingerprint density at radius 1 is 1.12 bits per heavy atom. The van der Waals surface area contributed by atoms with Gasteiger partial charge in [0.05, 0.1) is 28.8 Å². The third-order valence-electron chi connectivity index (χ3n) is 8.73. The molecule has 4 aromatic rings. The molecule has 2 aromatic carbocycles. The molecule has 8 heteroatoms. The summed E-state index contributed by atoms with van der Waals surface area (Å²) in [4.78, 5) is 19.1. The summed E-state index contributed by atoms with van der Waals surface area (Å²) in [5.74, 6) is 0.540. The van der Waals surface area contributed by atoms with Crippen molar-refractivity contribution in [1.29, 1.82) is 0 Å². The summed E-state index contributed by atoms with van der Waals surface area (Å²) in [6.07, 6.45) is 6.30. The SMILES string of the molecule is CCc1c(F)ccc2cccc(-c3ncc4c(N5CCC[C@@](C)(O)C5)nc(OCC5(CN(C)C)CC5)nc4c3C)c12. The molecule has 1 aliphatic carbocycles. The largest absolute Gasteiger partial charge is 0.463 e. The second-order valence-corrected chi connectivity index (χ2v) is 12.7. The lowest BCUT2D eigenvalue weighted by molar-refractivity contribution is 0.0447. The first-order valence-electron chi connectivity index (χ1n) is 14.7. The highest BCUT2D eigenvalue weighted by atomic mass is 19.1. The molecular formula is C33H40FN5O2. The van der Waals surface area contributed by atoms with Crippen molar-refractivity contribution >= 4 is 27.5 Å².